The lowest BCUT2D eigenvalue weighted by molar-refractivity contribution is -0.138. The molecule has 3 rings (SSSR count). The van der Waals surface area contributed by atoms with Crippen LogP contribution >= 0.6 is 0 Å². The molecule has 0 unspecified atom stereocenters. The van der Waals surface area contributed by atoms with Crippen molar-refractivity contribution in [1.82, 2.24) is 0 Å². The zero-order valence-corrected chi connectivity index (χ0v) is 16.1. The van der Waals surface area contributed by atoms with Gasteiger partial charge in [-0.05, 0) is 59.4 Å². The first-order valence-electron chi connectivity index (χ1n) is 8.95. The van der Waals surface area contributed by atoms with E-state index in [1.54, 1.807) is 19.9 Å². The Morgan fingerprint density at radius 1 is 0.857 bits per heavy atom. The van der Waals surface area contributed by atoms with E-state index in [0.717, 1.165) is 33.4 Å². The fourth-order valence-electron chi connectivity index (χ4n) is 3.03. The van der Waals surface area contributed by atoms with Crippen molar-refractivity contribution in [3.8, 4) is 16.9 Å². The standard InChI is InChI=1S/C24H22O4/c1-14(2)23(25)27-11-10-17-6-8-19-20-9-7-18(28-24(26)15(3)4)13-22(20)16(5)21(19)12-17/h6-9,12-13H,1,3,5,10-11H2,2,4H3. The summed E-state index contributed by atoms with van der Waals surface area (Å²) in [6.45, 7) is 14.9. The van der Waals surface area contributed by atoms with Gasteiger partial charge in [0, 0.05) is 17.6 Å². The maximum atomic E-state index is 11.8. The average molecular weight is 374 g/mol. The summed E-state index contributed by atoms with van der Waals surface area (Å²) in [5.74, 6) is -0.366. The summed E-state index contributed by atoms with van der Waals surface area (Å²) in [5, 5.41) is 0. The van der Waals surface area contributed by atoms with Crippen LogP contribution < -0.4 is 4.74 Å². The Kier molecular flexibility index (Phi) is 5.32. The Balaban J connectivity index is 1.78. The van der Waals surface area contributed by atoms with Gasteiger partial charge >= 0.3 is 11.9 Å². The molecule has 0 spiro atoms. The molecule has 0 aliphatic heterocycles. The largest absolute Gasteiger partial charge is 0.462 e. The monoisotopic (exact) mass is 374 g/mol. The molecule has 0 saturated heterocycles. The minimum Gasteiger partial charge on any atom is -0.462 e. The first kappa shape index (κ1) is 19.4. The van der Waals surface area contributed by atoms with Crippen molar-refractivity contribution < 1.29 is 19.1 Å². The number of hydrogen-bond donors (Lipinski definition) is 0. The van der Waals surface area contributed by atoms with Crippen LogP contribution in [0.3, 0.4) is 0 Å². The Morgan fingerprint density at radius 3 is 2.11 bits per heavy atom. The van der Waals surface area contributed by atoms with Gasteiger partial charge in [-0.2, -0.15) is 0 Å². The molecule has 1 aliphatic carbocycles. The molecule has 0 heterocycles. The van der Waals surface area contributed by atoms with Crippen molar-refractivity contribution in [2.75, 3.05) is 6.61 Å². The van der Waals surface area contributed by atoms with Gasteiger partial charge in [0.05, 0.1) is 6.61 Å². The quantitative estimate of drug-likeness (QED) is 0.351. The van der Waals surface area contributed by atoms with Gasteiger partial charge in [0.2, 0.25) is 0 Å². The summed E-state index contributed by atoms with van der Waals surface area (Å²) in [6, 6.07) is 11.7. The number of fused-ring (bicyclic) bond motifs is 3. The van der Waals surface area contributed by atoms with Crippen LogP contribution in [0.2, 0.25) is 0 Å². The topological polar surface area (TPSA) is 52.6 Å². The third-order valence-electron chi connectivity index (χ3n) is 4.55. The predicted octanol–water partition coefficient (Wildman–Crippen LogP) is 4.87. The second-order valence-corrected chi connectivity index (χ2v) is 6.90. The number of carbonyl (C=O) groups is 2. The minimum atomic E-state index is -0.451. The van der Waals surface area contributed by atoms with Gasteiger partial charge in [0.25, 0.3) is 0 Å². The minimum absolute atomic E-state index is 0.297. The van der Waals surface area contributed by atoms with Crippen LogP contribution in [0.4, 0.5) is 0 Å². The molecule has 0 bridgehead atoms. The van der Waals surface area contributed by atoms with Crippen molar-refractivity contribution in [3.05, 3.63) is 84.0 Å². The van der Waals surface area contributed by atoms with Crippen LogP contribution in [0.1, 0.15) is 30.5 Å². The van der Waals surface area contributed by atoms with Crippen LogP contribution in [-0.2, 0) is 20.7 Å². The van der Waals surface area contributed by atoms with E-state index in [1.165, 1.54) is 0 Å². The van der Waals surface area contributed by atoms with E-state index < -0.39 is 5.97 Å². The highest BCUT2D eigenvalue weighted by Crippen LogP contribution is 2.45. The normalized spacial score (nSPS) is 11.4. The third kappa shape index (κ3) is 3.81. The predicted molar refractivity (Wildman–Crippen MR) is 110 cm³/mol. The third-order valence-corrected chi connectivity index (χ3v) is 4.55. The van der Waals surface area contributed by atoms with Crippen molar-refractivity contribution >= 4 is 17.5 Å². The Morgan fingerprint density at radius 2 is 1.46 bits per heavy atom. The lowest BCUT2D eigenvalue weighted by Crippen LogP contribution is -2.08. The van der Waals surface area contributed by atoms with E-state index in [4.69, 9.17) is 9.47 Å². The zero-order chi connectivity index (χ0) is 20.4. The van der Waals surface area contributed by atoms with E-state index >= 15 is 0 Å². The van der Waals surface area contributed by atoms with Crippen molar-refractivity contribution in [3.63, 3.8) is 0 Å². The smallest absolute Gasteiger partial charge is 0.338 e. The summed E-state index contributed by atoms with van der Waals surface area (Å²) >= 11 is 0. The number of rotatable bonds is 6. The van der Waals surface area contributed by atoms with Gasteiger partial charge in [-0.3, -0.25) is 0 Å². The molecule has 0 saturated carbocycles. The SMILES string of the molecule is C=C(C)C(=O)OCCc1ccc2c(c1)C(=C)c1cc(OC(=O)C(=C)C)ccc1-2. The zero-order valence-electron chi connectivity index (χ0n) is 16.1. The van der Waals surface area contributed by atoms with Crippen molar-refractivity contribution in [1.29, 1.82) is 0 Å². The Labute approximate surface area is 164 Å². The first-order valence-corrected chi connectivity index (χ1v) is 8.95. The lowest BCUT2D eigenvalue weighted by atomic mass is 10.0. The second kappa shape index (κ2) is 7.69. The molecular weight excluding hydrogens is 352 g/mol. The summed E-state index contributed by atoms with van der Waals surface area (Å²) in [7, 11) is 0. The molecule has 0 amide bonds. The molecule has 1 aliphatic rings. The fourth-order valence-corrected chi connectivity index (χ4v) is 3.03. The molecule has 2 aromatic rings. The summed E-state index contributed by atoms with van der Waals surface area (Å²) in [6.07, 6.45) is 0.609. The second-order valence-electron chi connectivity index (χ2n) is 6.90. The maximum Gasteiger partial charge on any atom is 0.338 e. The average Bonchev–Trinajstić information content (AvgIpc) is 2.93. The summed E-state index contributed by atoms with van der Waals surface area (Å²) in [4.78, 5) is 23.3. The van der Waals surface area contributed by atoms with E-state index in [9.17, 15) is 9.59 Å². The first-order chi connectivity index (χ1) is 13.3. The van der Waals surface area contributed by atoms with E-state index in [2.05, 4.69) is 25.8 Å². The van der Waals surface area contributed by atoms with E-state index in [-0.39, 0.29) is 5.97 Å². The number of hydrogen-bond acceptors (Lipinski definition) is 4. The lowest BCUT2D eigenvalue weighted by Gasteiger charge is -2.07. The maximum absolute atomic E-state index is 11.8. The molecular formula is C24H22O4. The molecule has 0 fully saturated rings. The molecule has 0 atom stereocenters. The number of carbonyl (C=O) groups excluding carboxylic acids is 2. The number of esters is 2. The fraction of sp³-hybridized carbons (Fsp3) is 0.167. The number of ether oxygens (including phenoxy) is 2. The molecule has 0 radical (unpaired) electrons. The van der Waals surface area contributed by atoms with Crippen LogP contribution in [0.15, 0.2) is 67.3 Å². The Bertz CT molecular complexity index is 1030. The number of benzene rings is 2. The van der Waals surface area contributed by atoms with Crippen LogP contribution in [0.5, 0.6) is 5.75 Å². The molecule has 0 aromatic heterocycles. The molecule has 4 nitrogen and oxygen atoms in total. The van der Waals surface area contributed by atoms with Crippen molar-refractivity contribution in [2.45, 2.75) is 20.3 Å². The van der Waals surface area contributed by atoms with Gasteiger partial charge in [0.1, 0.15) is 5.75 Å². The van der Waals surface area contributed by atoms with Gasteiger partial charge < -0.3 is 9.47 Å². The van der Waals surface area contributed by atoms with Gasteiger partial charge in [-0.1, -0.05) is 44.0 Å². The Hall–Kier alpha value is -3.40. The van der Waals surface area contributed by atoms with Crippen LogP contribution in [0, 0.1) is 0 Å². The summed E-state index contributed by atoms with van der Waals surface area (Å²) in [5.41, 5.74) is 6.77. The van der Waals surface area contributed by atoms with E-state index in [1.807, 2.05) is 24.3 Å². The summed E-state index contributed by atoms with van der Waals surface area (Å²) < 4.78 is 10.5. The van der Waals surface area contributed by atoms with Crippen LogP contribution in [0.25, 0.3) is 16.7 Å². The molecule has 4 heteroatoms. The molecule has 2 aromatic carbocycles. The highest BCUT2D eigenvalue weighted by Gasteiger charge is 2.23. The van der Waals surface area contributed by atoms with Gasteiger partial charge in [-0.25, -0.2) is 9.59 Å². The van der Waals surface area contributed by atoms with Crippen LogP contribution in [-0.4, -0.2) is 18.5 Å². The van der Waals surface area contributed by atoms with Crippen molar-refractivity contribution in [2.24, 2.45) is 0 Å². The highest BCUT2D eigenvalue weighted by atomic mass is 16.5. The van der Waals surface area contributed by atoms with Gasteiger partial charge in [-0.15, -0.1) is 0 Å². The van der Waals surface area contributed by atoms with Gasteiger partial charge in [0.15, 0.2) is 0 Å². The van der Waals surface area contributed by atoms with E-state index in [0.29, 0.717) is 29.9 Å². The molecule has 28 heavy (non-hydrogen) atoms. The highest BCUT2D eigenvalue weighted by molar-refractivity contribution is 6.01. The molecule has 0 N–H and O–H groups in total. The molecule has 142 valence electrons.